The van der Waals surface area contributed by atoms with Crippen LogP contribution in [0.2, 0.25) is 5.02 Å². The first kappa shape index (κ1) is 21.2. The lowest BCUT2D eigenvalue weighted by Gasteiger charge is -2.48. The average molecular weight is 441 g/mol. The second-order valence-corrected chi connectivity index (χ2v) is 8.69. The minimum atomic E-state index is -0.764. The number of amides is 3. The van der Waals surface area contributed by atoms with Crippen molar-refractivity contribution in [3.63, 3.8) is 0 Å². The number of carbonyl (C=O) groups excluding carboxylic acids is 3. The Bertz CT molecular complexity index is 1070. The number of hydrogen-bond acceptors (Lipinski definition) is 4. The third-order valence-electron chi connectivity index (χ3n) is 6.02. The van der Waals surface area contributed by atoms with Crippen LogP contribution in [-0.4, -0.2) is 48.9 Å². The van der Waals surface area contributed by atoms with Crippen molar-refractivity contribution < 1.29 is 14.4 Å². The first-order valence-electron chi connectivity index (χ1n) is 10.2. The SMILES string of the molecule is CN(C)c1ccc(NC(=O)CCN2C(=O)c3ccccc3N3C(=O)CCC23C)cc1Cl. The molecule has 4 rings (SSSR count). The number of anilines is 3. The Kier molecular flexibility index (Phi) is 5.39. The van der Waals surface area contributed by atoms with Gasteiger partial charge in [-0.1, -0.05) is 23.7 Å². The maximum atomic E-state index is 13.2. The van der Waals surface area contributed by atoms with E-state index in [1.165, 1.54) is 0 Å². The van der Waals surface area contributed by atoms with Crippen molar-refractivity contribution in [1.82, 2.24) is 4.90 Å². The molecule has 1 saturated heterocycles. The molecule has 162 valence electrons. The smallest absolute Gasteiger partial charge is 0.257 e. The van der Waals surface area contributed by atoms with Crippen molar-refractivity contribution >= 4 is 46.4 Å². The lowest BCUT2D eigenvalue weighted by Crippen LogP contribution is -2.62. The highest BCUT2D eigenvalue weighted by Gasteiger charge is 2.52. The van der Waals surface area contributed by atoms with Crippen LogP contribution in [0.3, 0.4) is 0 Å². The zero-order chi connectivity index (χ0) is 22.3. The van der Waals surface area contributed by atoms with Crippen LogP contribution < -0.4 is 15.1 Å². The van der Waals surface area contributed by atoms with E-state index >= 15 is 0 Å². The molecule has 0 aliphatic carbocycles. The van der Waals surface area contributed by atoms with Crippen LogP contribution in [0.4, 0.5) is 17.1 Å². The first-order valence-corrected chi connectivity index (χ1v) is 10.6. The van der Waals surface area contributed by atoms with Crippen molar-refractivity contribution in [2.75, 3.05) is 35.8 Å². The van der Waals surface area contributed by atoms with Gasteiger partial charge in [0.25, 0.3) is 5.91 Å². The minimum absolute atomic E-state index is 0.00692. The van der Waals surface area contributed by atoms with E-state index < -0.39 is 5.66 Å². The Morgan fingerprint density at radius 1 is 1.19 bits per heavy atom. The van der Waals surface area contributed by atoms with E-state index in [4.69, 9.17) is 11.6 Å². The standard InChI is InChI=1S/C23H25ClN4O3/c1-23-12-10-21(30)28(23)18-7-5-4-6-16(18)22(31)27(23)13-11-20(29)25-15-8-9-19(26(2)3)17(24)14-15/h4-9,14H,10-13H2,1-3H3,(H,25,29). The van der Waals surface area contributed by atoms with Gasteiger partial charge in [0.1, 0.15) is 5.66 Å². The molecule has 0 radical (unpaired) electrons. The van der Waals surface area contributed by atoms with Crippen molar-refractivity contribution in [3.8, 4) is 0 Å². The molecule has 2 aromatic rings. The van der Waals surface area contributed by atoms with Crippen LogP contribution in [-0.2, 0) is 9.59 Å². The Morgan fingerprint density at radius 2 is 1.94 bits per heavy atom. The van der Waals surface area contributed by atoms with Crippen LogP contribution in [0.5, 0.6) is 0 Å². The average Bonchev–Trinajstić information content (AvgIpc) is 3.03. The lowest BCUT2D eigenvalue weighted by molar-refractivity contribution is -0.117. The van der Waals surface area contributed by atoms with Crippen LogP contribution in [0, 0.1) is 0 Å². The van der Waals surface area contributed by atoms with Gasteiger partial charge in [0.05, 0.1) is 22.0 Å². The van der Waals surface area contributed by atoms with Gasteiger partial charge in [0, 0.05) is 39.2 Å². The monoisotopic (exact) mass is 440 g/mol. The summed E-state index contributed by atoms with van der Waals surface area (Å²) >= 11 is 6.28. The third kappa shape index (κ3) is 3.63. The fourth-order valence-corrected chi connectivity index (χ4v) is 4.78. The number of nitrogens with one attached hydrogen (secondary N) is 1. The largest absolute Gasteiger partial charge is 0.376 e. The highest BCUT2D eigenvalue weighted by Crippen LogP contribution is 2.44. The van der Waals surface area contributed by atoms with Gasteiger partial charge in [-0.15, -0.1) is 0 Å². The minimum Gasteiger partial charge on any atom is -0.376 e. The van der Waals surface area contributed by atoms with Gasteiger partial charge in [-0.3, -0.25) is 19.3 Å². The van der Waals surface area contributed by atoms with Gasteiger partial charge in [0.2, 0.25) is 11.8 Å². The van der Waals surface area contributed by atoms with Gasteiger partial charge in [0.15, 0.2) is 0 Å². The zero-order valence-corrected chi connectivity index (χ0v) is 18.6. The fraction of sp³-hybridized carbons (Fsp3) is 0.348. The second-order valence-electron chi connectivity index (χ2n) is 8.28. The summed E-state index contributed by atoms with van der Waals surface area (Å²) in [6.45, 7) is 2.10. The van der Waals surface area contributed by atoms with Crippen molar-refractivity contribution in [1.29, 1.82) is 0 Å². The van der Waals surface area contributed by atoms with Gasteiger partial charge in [-0.2, -0.15) is 0 Å². The van der Waals surface area contributed by atoms with Crippen molar-refractivity contribution in [2.45, 2.75) is 31.8 Å². The van der Waals surface area contributed by atoms with E-state index in [1.807, 2.05) is 38.1 Å². The zero-order valence-electron chi connectivity index (χ0n) is 17.8. The molecule has 0 bridgehead atoms. The summed E-state index contributed by atoms with van der Waals surface area (Å²) < 4.78 is 0. The summed E-state index contributed by atoms with van der Waals surface area (Å²) in [7, 11) is 3.79. The highest BCUT2D eigenvalue weighted by molar-refractivity contribution is 6.33. The molecule has 2 heterocycles. The van der Waals surface area contributed by atoms with Crippen LogP contribution in [0.15, 0.2) is 42.5 Å². The van der Waals surface area contributed by atoms with E-state index in [0.29, 0.717) is 34.8 Å². The van der Waals surface area contributed by atoms with E-state index in [9.17, 15) is 14.4 Å². The number of para-hydroxylation sites is 1. The normalized spacial score (nSPS) is 19.9. The Balaban J connectivity index is 1.50. The number of hydrogen-bond donors (Lipinski definition) is 1. The van der Waals surface area contributed by atoms with E-state index in [1.54, 1.807) is 40.1 Å². The number of carbonyl (C=O) groups is 3. The molecule has 2 aliphatic rings. The van der Waals surface area contributed by atoms with Gasteiger partial charge in [-0.25, -0.2) is 0 Å². The quantitative estimate of drug-likeness (QED) is 0.768. The summed E-state index contributed by atoms with van der Waals surface area (Å²) in [5.41, 5.74) is 1.82. The molecular weight excluding hydrogens is 416 g/mol. The predicted molar refractivity (Wildman–Crippen MR) is 122 cm³/mol. The first-order chi connectivity index (χ1) is 14.7. The number of benzene rings is 2. The molecule has 0 aromatic heterocycles. The van der Waals surface area contributed by atoms with E-state index in [2.05, 4.69) is 5.32 Å². The summed E-state index contributed by atoms with van der Waals surface area (Å²) in [6.07, 6.45) is 1.02. The number of rotatable bonds is 5. The molecule has 8 heteroatoms. The van der Waals surface area contributed by atoms with Crippen LogP contribution in [0.1, 0.15) is 36.5 Å². The van der Waals surface area contributed by atoms with Gasteiger partial charge in [-0.05, 0) is 43.7 Å². The van der Waals surface area contributed by atoms with Crippen molar-refractivity contribution in [2.24, 2.45) is 0 Å². The van der Waals surface area contributed by atoms with Crippen LogP contribution in [0.25, 0.3) is 0 Å². The van der Waals surface area contributed by atoms with Gasteiger partial charge < -0.3 is 15.1 Å². The lowest BCUT2D eigenvalue weighted by atomic mass is 9.98. The molecule has 1 unspecified atom stereocenters. The van der Waals surface area contributed by atoms with Crippen molar-refractivity contribution in [3.05, 3.63) is 53.1 Å². The molecule has 31 heavy (non-hydrogen) atoms. The molecule has 2 aliphatic heterocycles. The number of fused-ring (bicyclic) bond motifs is 3. The molecule has 0 spiro atoms. The second kappa shape index (κ2) is 7.89. The molecule has 7 nitrogen and oxygen atoms in total. The summed E-state index contributed by atoms with van der Waals surface area (Å²) in [5.74, 6) is -0.387. The number of halogens is 1. The summed E-state index contributed by atoms with van der Waals surface area (Å²) in [6, 6.07) is 12.5. The Morgan fingerprint density at radius 3 is 2.65 bits per heavy atom. The maximum Gasteiger partial charge on any atom is 0.257 e. The summed E-state index contributed by atoms with van der Waals surface area (Å²) in [5, 5.41) is 3.38. The third-order valence-corrected chi connectivity index (χ3v) is 6.32. The predicted octanol–water partition coefficient (Wildman–Crippen LogP) is 3.73. The molecule has 3 amide bonds. The van der Waals surface area contributed by atoms with Gasteiger partial charge >= 0.3 is 0 Å². The maximum absolute atomic E-state index is 13.2. The molecule has 1 fully saturated rings. The van der Waals surface area contributed by atoms with E-state index in [-0.39, 0.29) is 30.7 Å². The summed E-state index contributed by atoms with van der Waals surface area (Å²) in [4.78, 5) is 43.7. The fourth-order valence-electron chi connectivity index (χ4n) is 4.43. The Hall–Kier alpha value is -3.06. The highest BCUT2D eigenvalue weighted by atomic mass is 35.5. The topological polar surface area (TPSA) is 73.0 Å². The molecule has 0 saturated carbocycles. The number of nitrogens with zero attached hydrogens (tertiary/aromatic N) is 3. The Labute approximate surface area is 186 Å². The molecule has 1 N–H and O–H groups in total. The van der Waals surface area contributed by atoms with E-state index in [0.717, 1.165) is 5.69 Å². The molecule has 1 atom stereocenters. The molecule has 2 aromatic carbocycles. The molecular formula is C23H25ClN4O3. The van der Waals surface area contributed by atoms with Crippen LogP contribution >= 0.6 is 11.6 Å².